The Kier molecular flexibility index (Phi) is 6.09. The predicted octanol–water partition coefficient (Wildman–Crippen LogP) is 3.70. The summed E-state index contributed by atoms with van der Waals surface area (Å²) in [6, 6.07) is 0. The molecule has 0 radical (unpaired) electrons. The van der Waals surface area contributed by atoms with Crippen molar-refractivity contribution in [2.75, 3.05) is 13.1 Å². The van der Waals surface area contributed by atoms with E-state index in [4.69, 9.17) is 0 Å². The van der Waals surface area contributed by atoms with Crippen molar-refractivity contribution in [3.05, 3.63) is 15.9 Å². The Morgan fingerprint density at radius 2 is 2.05 bits per heavy atom. The van der Waals surface area contributed by atoms with Crippen molar-refractivity contribution < 1.29 is 0 Å². The van der Waals surface area contributed by atoms with E-state index >= 15 is 0 Å². The second kappa shape index (κ2) is 7.60. The molecule has 0 aliphatic heterocycles. The number of halogens is 1. The van der Waals surface area contributed by atoms with Crippen molar-refractivity contribution in [3.8, 4) is 0 Å². The van der Waals surface area contributed by atoms with Crippen LogP contribution in [-0.2, 0) is 19.9 Å². The molecule has 20 heavy (non-hydrogen) atoms. The number of aromatic nitrogens is 2. The fourth-order valence-corrected chi connectivity index (χ4v) is 4.18. The van der Waals surface area contributed by atoms with Gasteiger partial charge in [0.1, 0.15) is 0 Å². The zero-order chi connectivity index (χ0) is 14.5. The summed E-state index contributed by atoms with van der Waals surface area (Å²) in [5, 5.41) is 8.23. The van der Waals surface area contributed by atoms with Crippen LogP contribution in [0.5, 0.6) is 0 Å². The molecular formula is C16H28BrN3. The van der Waals surface area contributed by atoms with E-state index in [2.05, 4.69) is 51.9 Å². The summed E-state index contributed by atoms with van der Waals surface area (Å²) >= 11 is 3.75. The SMILES string of the molecule is CCCNCC1CCCC1Cc1c(Br)c(CC)nn1C. The molecule has 0 saturated heterocycles. The first-order valence-corrected chi connectivity index (χ1v) is 8.87. The summed E-state index contributed by atoms with van der Waals surface area (Å²) in [5.74, 6) is 1.66. The first-order chi connectivity index (χ1) is 9.67. The smallest absolute Gasteiger partial charge is 0.0766 e. The molecule has 1 aliphatic carbocycles. The molecule has 2 rings (SSSR count). The number of rotatable bonds is 7. The van der Waals surface area contributed by atoms with Gasteiger partial charge in [0.05, 0.1) is 15.9 Å². The minimum atomic E-state index is 0.816. The lowest BCUT2D eigenvalue weighted by Gasteiger charge is -2.20. The molecule has 1 fully saturated rings. The fourth-order valence-electron chi connectivity index (χ4n) is 3.41. The highest BCUT2D eigenvalue weighted by Gasteiger charge is 2.29. The maximum Gasteiger partial charge on any atom is 0.0766 e. The van der Waals surface area contributed by atoms with Crippen LogP contribution in [0.25, 0.3) is 0 Å². The van der Waals surface area contributed by atoms with E-state index in [1.165, 1.54) is 54.5 Å². The Labute approximate surface area is 131 Å². The van der Waals surface area contributed by atoms with E-state index in [0.717, 1.165) is 24.8 Å². The van der Waals surface area contributed by atoms with Gasteiger partial charge in [-0.15, -0.1) is 0 Å². The van der Waals surface area contributed by atoms with Gasteiger partial charge in [0.25, 0.3) is 0 Å². The van der Waals surface area contributed by atoms with Crippen LogP contribution in [-0.4, -0.2) is 22.9 Å². The molecule has 0 bridgehead atoms. The maximum atomic E-state index is 4.63. The molecule has 1 N–H and O–H groups in total. The summed E-state index contributed by atoms with van der Waals surface area (Å²) < 4.78 is 3.33. The van der Waals surface area contributed by atoms with Crippen molar-refractivity contribution in [1.29, 1.82) is 0 Å². The normalized spacial score (nSPS) is 22.6. The van der Waals surface area contributed by atoms with Gasteiger partial charge in [0.15, 0.2) is 0 Å². The molecule has 114 valence electrons. The molecule has 2 atom stereocenters. The Morgan fingerprint density at radius 3 is 2.70 bits per heavy atom. The van der Waals surface area contributed by atoms with Gasteiger partial charge in [0.2, 0.25) is 0 Å². The van der Waals surface area contributed by atoms with Gasteiger partial charge < -0.3 is 5.32 Å². The van der Waals surface area contributed by atoms with Crippen LogP contribution in [0.2, 0.25) is 0 Å². The third-order valence-electron chi connectivity index (χ3n) is 4.61. The van der Waals surface area contributed by atoms with E-state index in [-0.39, 0.29) is 0 Å². The van der Waals surface area contributed by atoms with E-state index in [0.29, 0.717) is 0 Å². The van der Waals surface area contributed by atoms with Gasteiger partial charge in [-0.1, -0.05) is 20.3 Å². The summed E-state index contributed by atoms with van der Waals surface area (Å²) in [5.41, 5.74) is 2.58. The van der Waals surface area contributed by atoms with E-state index in [9.17, 15) is 0 Å². The van der Waals surface area contributed by atoms with Crippen LogP contribution in [0.4, 0.5) is 0 Å². The zero-order valence-corrected chi connectivity index (χ0v) is 14.7. The molecule has 1 saturated carbocycles. The molecule has 1 aromatic heterocycles. The Bertz CT molecular complexity index is 428. The van der Waals surface area contributed by atoms with Gasteiger partial charge in [-0.3, -0.25) is 4.68 Å². The van der Waals surface area contributed by atoms with Crippen LogP contribution in [0, 0.1) is 11.8 Å². The maximum absolute atomic E-state index is 4.63. The third kappa shape index (κ3) is 3.64. The van der Waals surface area contributed by atoms with Crippen LogP contribution >= 0.6 is 15.9 Å². The second-order valence-corrected chi connectivity index (χ2v) is 6.84. The van der Waals surface area contributed by atoms with Crippen molar-refractivity contribution in [1.82, 2.24) is 15.1 Å². The predicted molar refractivity (Wildman–Crippen MR) is 88.0 cm³/mol. The first-order valence-electron chi connectivity index (χ1n) is 8.08. The number of nitrogens with one attached hydrogen (secondary N) is 1. The highest BCUT2D eigenvalue weighted by atomic mass is 79.9. The molecule has 1 aromatic rings. The third-order valence-corrected chi connectivity index (χ3v) is 5.52. The molecule has 0 spiro atoms. The molecule has 0 amide bonds. The molecule has 4 heteroatoms. The number of aryl methyl sites for hydroxylation is 2. The van der Waals surface area contributed by atoms with Crippen molar-refractivity contribution >= 4 is 15.9 Å². The van der Waals surface area contributed by atoms with Gasteiger partial charge in [-0.2, -0.15) is 5.10 Å². The minimum absolute atomic E-state index is 0.816. The van der Waals surface area contributed by atoms with E-state index < -0.39 is 0 Å². The second-order valence-electron chi connectivity index (χ2n) is 6.04. The van der Waals surface area contributed by atoms with E-state index in [1.807, 2.05) is 0 Å². The lowest BCUT2D eigenvalue weighted by molar-refractivity contribution is 0.359. The zero-order valence-electron chi connectivity index (χ0n) is 13.1. The average Bonchev–Trinajstić information content (AvgIpc) is 2.98. The Morgan fingerprint density at radius 1 is 1.30 bits per heavy atom. The highest BCUT2D eigenvalue weighted by Crippen LogP contribution is 2.35. The molecule has 0 aromatic carbocycles. The molecule has 3 nitrogen and oxygen atoms in total. The van der Waals surface area contributed by atoms with E-state index in [1.54, 1.807) is 0 Å². The lowest BCUT2D eigenvalue weighted by atomic mass is 9.91. The van der Waals surface area contributed by atoms with Crippen LogP contribution in [0.1, 0.15) is 50.9 Å². The van der Waals surface area contributed by atoms with Crippen molar-refractivity contribution in [2.24, 2.45) is 18.9 Å². The molecule has 2 unspecified atom stereocenters. The van der Waals surface area contributed by atoms with Gasteiger partial charge >= 0.3 is 0 Å². The number of nitrogens with zero attached hydrogens (tertiary/aromatic N) is 2. The first kappa shape index (κ1) is 16.0. The highest BCUT2D eigenvalue weighted by molar-refractivity contribution is 9.10. The van der Waals surface area contributed by atoms with Crippen LogP contribution < -0.4 is 5.32 Å². The van der Waals surface area contributed by atoms with Gasteiger partial charge in [-0.25, -0.2) is 0 Å². The standard InChI is InChI=1S/C16H28BrN3/c1-4-9-18-11-13-8-6-7-12(13)10-15-16(17)14(5-2)19-20(15)3/h12-13,18H,4-11H2,1-3H3. The Balaban J connectivity index is 1.99. The van der Waals surface area contributed by atoms with Gasteiger partial charge in [-0.05, 0) is 73.0 Å². The molecule has 1 aliphatic rings. The van der Waals surface area contributed by atoms with Crippen LogP contribution in [0.3, 0.4) is 0 Å². The number of hydrogen-bond donors (Lipinski definition) is 1. The van der Waals surface area contributed by atoms with Crippen molar-refractivity contribution in [2.45, 2.75) is 52.4 Å². The summed E-state index contributed by atoms with van der Waals surface area (Å²) in [7, 11) is 2.08. The average molecular weight is 342 g/mol. The topological polar surface area (TPSA) is 29.9 Å². The summed E-state index contributed by atoms with van der Waals surface area (Å²) in [4.78, 5) is 0. The van der Waals surface area contributed by atoms with Crippen LogP contribution in [0.15, 0.2) is 4.47 Å². The Hall–Kier alpha value is -0.350. The molecular weight excluding hydrogens is 314 g/mol. The summed E-state index contributed by atoms with van der Waals surface area (Å²) in [6.45, 7) is 6.75. The van der Waals surface area contributed by atoms with Crippen molar-refractivity contribution in [3.63, 3.8) is 0 Å². The van der Waals surface area contributed by atoms with Gasteiger partial charge in [0, 0.05) is 7.05 Å². The quantitative estimate of drug-likeness (QED) is 0.766. The molecule has 1 heterocycles. The summed E-state index contributed by atoms with van der Waals surface area (Å²) in [6.07, 6.45) is 7.54. The minimum Gasteiger partial charge on any atom is -0.316 e. The lowest BCUT2D eigenvalue weighted by Crippen LogP contribution is -2.27. The monoisotopic (exact) mass is 341 g/mol. The largest absolute Gasteiger partial charge is 0.316 e. The fraction of sp³-hybridized carbons (Fsp3) is 0.812. The number of hydrogen-bond acceptors (Lipinski definition) is 2.